The van der Waals surface area contributed by atoms with Gasteiger partial charge in [-0.15, -0.1) is 0 Å². The van der Waals surface area contributed by atoms with Gasteiger partial charge in [0.2, 0.25) is 5.75 Å². The van der Waals surface area contributed by atoms with Crippen LogP contribution in [0.5, 0.6) is 17.2 Å². The predicted octanol–water partition coefficient (Wildman–Crippen LogP) is 2.71. The van der Waals surface area contributed by atoms with E-state index in [1.807, 2.05) is 0 Å². The van der Waals surface area contributed by atoms with Crippen molar-refractivity contribution in [3.8, 4) is 28.6 Å². The number of hydrogen-bond acceptors (Lipinski definition) is 6. The Labute approximate surface area is 118 Å². The number of ether oxygens (including phenoxy) is 3. The topological polar surface area (TPSA) is 79.7 Å². The van der Waals surface area contributed by atoms with Gasteiger partial charge in [-0.2, -0.15) is 0 Å². The summed E-state index contributed by atoms with van der Waals surface area (Å²) in [6.45, 7) is 0. The zero-order valence-electron chi connectivity index (χ0n) is 10.7. The van der Waals surface area contributed by atoms with Crippen LogP contribution in [-0.4, -0.2) is 26.5 Å². The summed E-state index contributed by atoms with van der Waals surface area (Å²) in [5, 5.41) is 3.69. The third-order valence-electron chi connectivity index (χ3n) is 2.59. The van der Waals surface area contributed by atoms with Gasteiger partial charge in [-0.05, 0) is 28.1 Å². The lowest BCUT2D eigenvalue weighted by molar-refractivity contribution is 0.324. The molecule has 1 heterocycles. The second kappa shape index (κ2) is 5.40. The van der Waals surface area contributed by atoms with Crippen LogP contribution in [0.1, 0.15) is 0 Å². The number of methoxy groups -OCH3 is 3. The second-order valence-electron chi connectivity index (χ2n) is 3.62. The lowest BCUT2D eigenvalue weighted by Crippen LogP contribution is -1.95. The molecule has 0 spiro atoms. The minimum absolute atomic E-state index is 0.281. The SMILES string of the molecule is COc1cc(-c2onc(N)c2Br)cc(OC)c1OC. The van der Waals surface area contributed by atoms with E-state index >= 15 is 0 Å². The molecule has 2 aromatic rings. The molecule has 0 unspecified atom stereocenters. The molecule has 0 radical (unpaired) electrons. The van der Waals surface area contributed by atoms with Crippen molar-refractivity contribution in [3.63, 3.8) is 0 Å². The van der Waals surface area contributed by atoms with Crippen LogP contribution in [0.25, 0.3) is 11.3 Å². The van der Waals surface area contributed by atoms with Crippen molar-refractivity contribution < 1.29 is 18.7 Å². The highest BCUT2D eigenvalue weighted by Crippen LogP contribution is 2.43. The van der Waals surface area contributed by atoms with Crippen LogP contribution in [-0.2, 0) is 0 Å². The number of aromatic nitrogens is 1. The van der Waals surface area contributed by atoms with E-state index in [-0.39, 0.29) is 5.82 Å². The number of nitrogens with two attached hydrogens (primary N) is 1. The Hall–Kier alpha value is -1.89. The summed E-state index contributed by atoms with van der Waals surface area (Å²) >= 11 is 3.32. The van der Waals surface area contributed by atoms with Gasteiger partial charge in [-0.25, -0.2) is 0 Å². The van der Waals surface area contributed by atoms with Crippen molar-refractivity contribution in [3.05, 3.63) is 16.6 Å². The van der Waals surface area contributed by atoms with Crippen molar-refractivity contribution in [1.29, 1.82) is 0 Å². The first-order valence-electron chi connectivity index (χ1n) is 5.33. The lowest BCUT2D eigenvalue weighted by Gasteiger charge is -2.13. The Morgan fingerprint density at radius 1 is 1.11 bits per heavy atom. The van der Waals surface area contributed by atoms with Gasteiger partial charge in [0.15, 0.2) is 23.1 Å². The smallest absolute Gasteiger partial charge is 0.203 e. The maximum absolute atomic E-state index is 5.64. The van der Waals surface area contributed by atoms with E-state index in [9.17, 15) is 0 Å². The third-order valence-corrected chi connectivity index (χ3v) is 3.35. The fourth-order valence-corrected chi connectivity index (χ4v) is 2.06. The van der Waals surface area contributed by atoms with Crippen molar-refractivity contribution in [2.75, 3.05) is 27.1 Å². The van der Waals surface area contributed by atoms with Crippen LogP contribution < -0.4 is 19.9 Å². The number of nitrogens with zero attached hydrogens (tertiary/aromatic N) is 1. The summed E-state index contributed by atoms with van der Waals surface area (Å²) in [7, 11) is 4.64. The molecule has 0 amide bonds. The third kappa shape index (κ3) is 2.33. The Morgan fingerprint density at radius 3 is 2.05 bits per heavy atom. The van der Waals surface area contributed by atoms with Crippen molar-refractivity contribution in [2.24, 2.45) is 0 Å². The van der Waals surface area contributed by atoms with E-state index in [0.29, 0.717) is 33.0 Å². The Bertz CT molecular complexity index is 572. The van der Waals surface area contributed by atoms with Crippen LogP contribution >= 0.6 is 15.9 Å². The normalized spacial score (nSPS) is 10.3. The molecule has 0 saturated carbocycles. The monoisotopic (exact) mass is 328 g/mol. The average Bonchev–Trinajstić information content (AvgIpc) is 2.77. The molecule has 6 nitrogen and oxygen atoms in total. The van der Waals surface area contributed by atoms with E-state index in [1.54, 1.807) is 33.5 Å². The minimum atomic E-state index is 0.281. The molecule has 2 rings (SSSR count). The molecular formula is C12H13BrN2O4. The Balaban J connectivity index is 2.62. The van der Waals surface area contributed by atoms with Gasteiger partial charge in [-0.1, -0.05) is 5.16 Å². The molecule has 1 aromatic carbocycles. The number of hydrogen-bond donors (Lipinski definition) is 1. The molecule has 0 fully saturated rings. The predicted molar refractivity (Wildman–Crippen MR) is 73.7 cm³/mol. The molecule has 0 aliphatic heterocycles. The van der Waals surface area contributed by atoms with Crippen LogP contribution in [0, 0.1) is 0 Å². The van der Waals surface area contributed by atoms with Crippen LogP contribution in [0.3, 0.4) is 0 Å². The highest BCUT2D eigenvalue weighted by Gasteiger charge is 2.19. The maximum atomic E-state index is 5.64. The van der Waals surface area contributed by atoms with Crippen LogP contribution in [0.15, 0.2) is 21.1 Å². The molecule has 0 aliphatic carbocycles. The van der Waals surface area contributed by atoms with Crippen molar-refractivity contribution in [2.45, 2.75) is 0 Å². The van der Waals surface area contributed by atoms with E-state index in [1.165, 1.54) is 0 Å². The van der Waals surface area contributed by atoms with Gasteiger partial charge >= 0.3 is 0 Å². The molecule has 1 aromatic heterocycles. The number of rotatable bonds is 4. The van der Waals surface area contributed by atoms with E-state index < -0.39 is 0 Å². The van der Waals surface area contributed by atoms with Crippen molar-refractivity contribution in [1.82, 2.24) is 5.16 Å². The van der Waals surface area contributed by atoms with Crippen molar-refractivity contribution >= 4 is 21.7 Å². The summed E-state index contributed by atoms with van der Waals surface area (Å²) in [4.78, 5) is 0. The summed E-state index contributed by atoms with van der Waals surface area (Å²) in [6, 6.07) is 3.51. The summed E-state index contributed by atoms with van der Waals surface area (Å²) < 4.78 is 21.6. The van der Waals surface area contributed by atoms with Gasteiger partial charge in [0.05, 0.1) is 21.3 Å². The second-order valence-corrected chi connectivity index (χ2v) is 4.42. The average molecular weight is 329 g/mol. The molecule has 0 bridgehead atoms. The highest BCUT2D eigenvalue weighted by molar-refractivity contribution is 9.10. The number of benzene rings is 1. The summed E-state index contributed by atoms with van der Waals surface area (Å²) in [5.74, 6) is 2.34. The van der Waals surface area contributed by atoms with E-state index in [4.69, 9.17) is 24.5 Å². The van der Waals surface area contributed by atoms with Crippen LogP contribution in [0.2, 0.25) is 0 Å². The minimum Gasteiger partial charge on any atom is -0.493 e. The quantitative estimate of drug-likeness (QED) is 0.929. The highest BCUT2D eigenvalue weighted by atomic mass is 79.9. The number of nitrogen functional groups attached to an aromatic ring is 1. The van der Waals surface area contributed by atoms with Gasteiger partial charge in [0.1, 0.15) is 4.47 Å². The van der Waals surface area contributed by atoms with Gasteiger partial charge in [0, 0.05) is 5.56 Å². The first-order chi connectivity index (χ1) is 9.12. The Kier molecular flexibility index (Phi) is 3.84. The molecule has 0 atom stereocenters. The fourth-order valence-electron chi connectivity index (χ4n) is 1.68. The standard InChI is InChI=1S/C12H13BrN2O4/c1-16-7-4-6(5-8(17-2)11(7)18-3)10-9(13)12(14)15-19-10/h4-5H,1-3H3,(H2,14,15). The Morgan fingerprint density at radius 2 is 1.68 bits per heavy atom. The molecule has 102 valence electrons. The van der Waals surface area contributed by atoms with Crippen LogP contribution in [0.4, 0.5) is 5.82 Å². The number of anilines is 1. The molecule has 19 heavy (non-hydrogen) atoms. The molecule has 0 aliphatic rings. The zero-order valence-corrected chi connectivity index (χ0v) is 12.3. The molecule has 2 N–H and O–H groups in total. The largest absolute Gasteiger partial charge is 0.493 e. The maximum Gasteiger partial charge on any atom is 0.203 e. The first kappa shape index (κ1) is 13.5. The van der Waals surface area contributed by atoms with Gasteiger partial charge in [-0.3, -0.25) is 0 Å². The molecular weight excluding hydrogens is 316 g/mol. The van der Waals surface area contributed by atoms with Gasteiger partial charge in [0.25, 0.3) is 0 Å². The fraction of sp³-hybridized carbons (Fsp3) is 0.250. The summed E-state index contributed by atoms with van der Waals surface area (Å²) in [5.41, 5.74) is 6.35. The molecule has 0 saturated heterocycles. The molecule has 7 heteroatoms. The first-order valence-corrected chi connectivity index (χ1v) is 6.12. The van der Waals surface area contributed by atoms with Gasteiger partial charge < -0.3 is 24.5 Å². The zero-order chi connectivity index (χ0) is 14.0. The van der Waals surface area contributed by atoms with E-state index in [0.717, 1.165) is 0 Å². The number of halogens is 1. The van der Waals surface area contributed by atoms with E-state index in [2.05, 4.69) is 21.1 Å². The summed E-state index contributed by atoms with van der Waals surface area (Å²) in [6.07, 6.45) is 0. The lowest BCUT2D eigenvalue weighted by atomic mass is 10.1.